The maximum Gasteiger partial charge on any atom is 0.251 e. The van der Waals surface area contributed by atoms with Gasteiger partial charge in [0.15, 0.2) is 0 Å². The lowest BCUT2D eigenvalue weighted by Crippen LogP contribution is -2.41. The molecule has 0 saturated carbocycles. The summed E-state index contributed by atoms with van der Waals surface area (Å²) >= 11 is 0. The van der Waals surface area contributed by atoms with Gasteiger partial charge in [0.2, 0.25) is 10.0 Å². The fraction of sp³-hybridized carbons (Fsp3) is 0.350. The topological polar surface area (TPSA) is 84.5 Å². The number of rotatable bonds is 4. The van der Waals surface area contributed by atoms with Crippen LogP contribution in [0, 0.1) is 6.92 Å². The third-order valence-corrected chi connectivity index (χ3v) is 4.97. The maximum atomic E-state index is 12.8. The Balaban J connectivity index is 1.85. The molecule has 1 atom stereocenters. The molecule has 0 fully saturated rings. The second-order valence-electron chi connectivity index (χ2n) is 7.59. The second kappa shape index (κ2) is 6.88. The highest BCUT2D eigenvalue weighted by Gasteiger charge is 2.34. The van der Waals surface area contributed by atoms with Gasteiger partial charge in [-0.3, -0.25) is 9.52 Å². The van der Waals surface area contributed by atoms with Crippen LogP contribution in [0.3, 0.4) is 0 Å². The summed E-state index contributed by atoms with van der Waals surface area (Å²) in [7, 11) is -3.40. The third kappa shape index (κ3) is 4.80. The molecule has 0 aromatic heterocycles. The largest absolute Gasteiger partial charge is 0.487 e. The molecule has 0 saturated heterocycles. The molecule has 1 aliphatic heterocycles. The standard InChI is InChI=1S/C20H24N2O4S/c1-13-8-9-16-17(12-20(2,3)26-18(16)10-13)21-19(23)14-6-5-7-15(11-14)22-27(4,24)25/h5-11,17,22H,12H2,1-4H3,(H,21,23)/t17-/m1/s1. The Kier molecular flexibility index (Phi) is 4.90. The average molecular weight is 388 g/mol. The van der Waals surface area contributed by atoms with E-state index in [4.69, 9.17) is 4.74 Å². The van der Waals surface area contributed by atoms with Crippen molar-refractivity contribution in [2.24, 2.45) is 0 Å². The molecule has 144 valence electrons. The van der Waals surface area contributed by atoms with Crippen LogP contribution in [0.5, 0.6) is 5.75 Å². The Bertz CT molecular complexity index is 983. The van der Waals surface area contributed by atoms with E-state index in [-0.39, 0.29) is 11.9 Å². The Morgan fingerprint density at radius 3 is 2.63 bits per heavy atom. The first-order valence-electron chi connectivity index (χ1n) is 8.71. The molecule has 0 spiro atoms. The molecule has 1 amide bonds. The summed E-state index contributed by atoms with van der Waals surface area (Å²) in [6, 6.07) is 12.2. The number of fused-ring (bicyclic) bond motifs is 1. The molecular formula is C20H24N2O4S. The normalized spacial score (nSPS) is 18.1. The van der Waals surface area contributed by atoms with E-state index in [2.05, 4.69) is 10.0 Å². The molecule has 1 heterocycles. The number of nitrogens with one attached hydrogen (secondary N) is 2. The number of anilines is 1. The van der Waals surface area contributed by atoms with Crippen molar-refractivity contribution in [3.8, 4) is 5.75 Å². The van der Waals surface area contributed by atoms with Gasteiger partial charge in [-0.1, -0.05) is 18.2 Å². The predicted octanol–water partition coefficient (Wildman–Crippen LogP) is 3.40. The van der Waals surface area contributed by atoms with Crippen molar-refractivity contribution in [3.05, 3.63) is 59.2 Å². The Morgan fingerprint density at radius 2 is 1.93 bits per heavy atom. The monoisotopic (exact) mass is 388 g/mol. The highest BCUT2D eigenvalue weighted by atomic mass is 32.2. The number of aryl methyl sites for hydroxylation is 1. The van der Waals surface area contributed by atoms with Crippen molar-refractivity contribution >= 4 is 21.6 Å². The molecule has 0 unspecified atom stereocenters. The average Bonchev–Trinajstić information content (AvgIpc) is 2.51. The summed E-state index contributed by atoms with van der Waals surface area (Å²) in [5.41, 5.74) is 2.38. The van der Waals surface area contributed by atoms with E-state index in [0.717, 1.165) is 23.1 Å². The number of carbonyl (C=O) groups excluding carboxylic acids is 1. The number of sulfonamides is 1. The van der Waals surface area contributed by atoms with Gasteiger partial charge in [0.25, 0.3) is 5.91 Å². The van der Waals surface area contributed by atoms with Gasteiger partial charge in [0.05, 0.1) is 12.3 Å². The zero-order valence-corrected chi connectivity index (χ0v) is 16.7. The van der Waals surface area contributed by atoms with Gasteiger partial charge in [0, 0.05) is 23.2 Å². The predicted molar refractivity (Wildman–Crippen MR) is 106 cm³/mol. The van der Waals surface area contributed by atoms with Crippen LogP contribution < -0.4 is 14.8 Å². The molecule has 2 aromatic carbocycles. The molecule has 0 radical (unpaired) electrons. The third-order valence-electron chi connectivity index (χ3n) is 4.36. The minimum Gasteiger partial charge on any atom is -0.487 e. The van der Waals surface area contributed by atoms with E-state index in [1.54, 1.807) is 18.2 Å². The highest BCUT2D eigenvalue weighted by molar-refractivity contribution is 7.92. The summed E-state index contributed by atoms with van der Waals surface area (Å²) in [6.45, 7) is 5.99. The second-order valence-corrected chi connectivity index (χ2v) is 9.34. The van der Waals surface area contributed by atoms with Crippen molar-refractivity contribution in [1.82, 2.24) is 5.32 Å². The zero-order chi connectivity index (χ0) is 19.8. The van der Waals surface area contributed by atoms with E-state index >= 15 is 0 Å². The number of ether oxygens (including phenoxy) is 1. The van der Waals surface area contributed by atoms with E-state index in [1.165, 1.54) is 6.07 Å². The molecule has 0 bridgehead atoms. The van der Waals surface area contributed by atoms with Gasteiger partial charge < -0.3 is 10.1 Å². The molecule has 2 N–H and O–H groups in total. The molecular weight excluding hydrogens is 364 g/mol. The van der Waals surface area contributed by atoms with Gasteiger partial charge in [-0.05, 0) is 50.6 Å². The summed E-state index contributed by atoms with van der Waals surface area (Å²) in [5.74, 6) is 0.519. The number of carbonyl (C=O) groups is 1. The van der Waals surface area contributed by atoms with Gasteiger partial charge in [0.1, 0.15) is 11.4 Å². The lowest BCUT2D eigenvalue weighted by molar-refractivity contribution is 0.0619. The Morgan fingerprint density at radius 1 is 1.19 bits per heavy atom. The maximum absolute atomic E-state index is 12.8. The summed E-state index contributed by atoms with van der Waals surface area (Å²) in [4.78, 5) is 12.8. The van der Waals surface area contributed by atoms with Gasteiger partial charge in [-0.15, -0.1) is 0 Å². The number of amides is 1. The number of hydrogen-bond acceptors (Lipinski definition) is 4. The lowest BCUT2D eigenvalue weighted by atomic mass is 9.89. The molecule has 3 rings (SSSR count). The van der Waals surface area contributed by atoms with Crippen LogP contribution in [0.2, 0.25) is 0 Å². The summed E-state index contributed by atoms with van der Waals surface area (Å²) in [5, 5.41) is 3.06. The van der Waals surface area contributed by atoms with E-state index in [1.807, 2.05) is 39.0 Å². The quantitative estimate of drug-likeness (QED) is 0.841. The first-order chi connectivity index (χ1) is 12.5. The van der Waals surface area contributed by atoms with E-state index in [0.29, 0.717) is 17.7 Å². The SMILES string of the molecule is Cc1ccc2c(c1)OC(C)(C)C[C@H]2NC(=O)c1cccc(NS(C)(=O)=O)c1. The van der Waals surface area contributed by atoms with Crippen LogP contribution in [0.1, 0.15) is 47.8 Å². The number of benzene rings is 2. The van der Waals surface area contributed by atoms with Crippen molar-refractivity contribution < 1.29 is 17.9 Å². The van der Waals surface area contributed by atoms with Gasteiger partial charge in [-0.2, -0.15) is 0 Å². The fourth-order valence-corrected chi connectivity index (χ4v) is 3.82. The fourth-order valence-electron chi connectivity index (χ4n) is 3.27. The van der Waals surface area contributed by atoms with Crippen LogP contribution >= 0.6 is 0 Å². The van der Waals surface area contributed by atoms with E-state index < -0.39 is 15.6 Å². The van der Waals surface area contributed by atoms with Crippen molar-refractivity contribution in [2.75, 3.05) is 11.0 Å². The molecule has 6 nitrogen and oxygen atoms in total. The van der Waals surface area contributed by atoms with Gasteiger partial charge in [-0.25, -0.2) is 8.42 Å². The van der Waals surface area contributed by atoms with Crippen molar-refractivity contribution in [3.63, 3.8) is 0 Å². The Hall–Kier alpha value is -2.54. The molecule has 27 heavy (non-hydrogen) atoms. The van der Waals surface area contributed by atoms with Crippen LogP contribution in [0.25, 0.3) is 0 Å². The van der Waals surface area contributed by atoms with Gasteiger partial charge >= 0.3 is 0 Å². The van der Waals surface area contributed by atoms with Crippen LogP contribution in [0.4, 0.5) is 5.69 Å². The van der Waals surface area contributed by atoms with Crippen LogP contribution in [-0.4, -0.2) is 26.2 Å². The van der Waals surface area contributed by atoms with Crippen molar-refractivity contribution in [1.29, 1.82) is 0 Å². The minimum absolute atomic E-state index is 0.191. The van der Waals surface area contributed by atoms with E-state index in [9.17, 15) is 13.2 Å². The molecule has 1 aliphatic rings. The molecule has 0 aliphatic carbocycles. The summed E-state index contributed by atoms with van der Waals surface area (Å²) in [6.07, 6.45) is 1.71. The first-order valence-corrected chi connectivity index (χ1v) is 10.6. The highest BCUT2D eigenvalue weighted by Crippen LogP contribution is 2.40. The van der Waals surface area contributed by atoms with Crippen molar-refractivity contribution in [2.45, 2.75) is 38.8 Å². The molecule has 7 heteroatoms. The molecule has 2 aromatic rings. The smallest absolute Gasteiger partial charge is 0.251 e. The number of hydrogen-bond donors (Lipinski definition) is 2. The summed E-state index contributed by atoms with van der Waals surface area (Å²) < 4.78 is 31.3. The minimum atomic E-state index is -3.40. The first kappa shape index (κ1) is 19.2. The zero-order valence-electron chi connectivity index (χ0n) is 15.9. The van der Waals surface area contributed by atoms with Crippen LogP contribution in [0.15, 0.2) is 42.5 Å². The van der Waals surface area contributed by atoms with Crippen LogP contribution in [-0.2, 0) is 10.0 Å². The Labute approximate surface area is 160 Å². The lowest BCUT2D eigenvalue weighted by Gasteiger charge is -2.38.